The molecule has 0 saturated carbocycles. The molecule has 1 aromatic heterocycles. The number of benzene rings is 1. The zero-order chi connectivity index (χ0) is 13.1. The first-order valence-corrected chi connectivity index (χ1v) is 5.76. The highest BCUT2D eigenvalue weighted by molar-refractivity contribution is 5.82. The molecular weight excluding hydrogens is 230 g/mol. The van der Waals surface area contributed by atoms with Crippen LogP contribution in [0.2, 0.25) is 0 Å². The van der Waals surface area contributed by atoms with Crippen molar-refractivity contribution in [3.63, 3.8) is 0 Å². The van der Waals surface area contributed by atoms with Crippen LogP contribution in [-0.2, 0) is 6.42 Å². The van der Waals surface area contributed by atoms with Crippen LogP contribution in [0, 0.1) is 0 Å². The molecule has 0 bridgehead atoms. The Kier molecular flexibility index (Phi) is 3.41. The van der Waals surface area contributed by atoms with Gasteiger partial charge in [-0.2, -0.15) is 5.10 Å². The summed E-state index contributed by atoms with van der Waals surface area (Å²) in [7, 11) is 3.30. The molecule has 1 aromatic carbocycles. The summed E-state index contributed by atoms with van der Waals surface area (Å²) in [5.41, 5.74) is 8.73. The number of nitrogen functional groups attached to an aromatic ring is 1. The van der Waals surface area contributed by atoms with E-state index in [1.165, 1.54) is 0 Å². The molecule has 18 heavy (non-hydrogen) atoms. The molecule has 1 heterocycles. The van der Waals surface area contributed by atoms with Gasteiger partial charge in [-0.1, -0.05) is 6.92 Å². The smallest absolute Gasteiger partial charge is 0.127 e. The highest BCUT2D eigenvalue weighted by atomic mass is 16.5. The zero-order valence-corrected chi connectivity index (χ0v) is 10.8. The number of anilines is 1. The fourth-order valence-electron chi connectivity index (χ4n) is 2.11. The Bertz CT molecular complexity index is 549. The highest BCUT2D eigenvalue weighted by Gasteiger charge is 2.18. The Morgan fingerprint density at radius 2 is 1.89 bits per heavy atom. The van der Waals surface area contributed by atoms with Crippen molar-refractivity contribution in [3.8, 4) is 22.6 Å². The van der Waals surface area contributed by atoms with E-state index in [1.54, 1.807) is 20.4 Å². The van der Waals surface area contributed by atoms with Gasteiger partial charge >= 0.3 is 0 Å². The van der Waals surface area contributed by atoms with Crippen molar-refractivity contribution < 1.29 is 9.47 Å². The van der Waals surface area contributed by atoms with Gasteiger partial charge in [-0.15, -0.1) is 0 Å². The molecule has 5 nitrogen and oxygen atoms in total. The number of hydrogen-bond acceptors (Lipinski definition) is 4. The molecule has 0 atom stereocenters. The Morgan fingerprint density at radius 1 is 1.22 bits per heavy atom. The van der Waals surface area contributed by atoms with Gasteiger partial charge in [0.15, 0.2) is 0 Å². The minimum Gasteiger partial charge on any atom is -0.496 e. The molecule has 0 unspecified atom stereocenters. The molecule has 5 heteroatoms. The number of rotatable bonds is 4. The van der Waals surface area contributed by atoms with Crippen LogP contribution in [-0.4, -0.2) is 24.4 Å². The van der Waals surface area contributed by atoms with E-state index < -0.39 is 0 Å². The molecule has 0 radical (unpaired) electrons. The van der Waals surface area contributed by atoms with Crippen molar-refractivity contribution >= 4 is 5.82 Å². The van der Waals surface area contributed by atoms with Gasteiger partial charge < -0.3 is 15.2 Å². The normalized spacial score (nSPS) is 10.4. The number of aromatic amines is 1. The second-order valence-corrected chi connectivity index (χ2v) is 3.87. The van der Waals surface area contributed by atoms with Gasteiger partial charge in [0.2, 0.25) is 0 Å². The molecule has 96 valence electrons. The van der Waals surface area contributed by atoms with Gasteiger partial charge in [0, 0.05) is 16.7 Å². The summed E-state index contributed by atoms with van der Waals surface area (Å²) < 4.78 is 10.8. The second-order valence-electron chi connectivity index (χ2n) is 3.87. The molecule has 2 rings (SSSR count). The summed E-state index contributed by atoms with van der Waals surface area (Å²) in [5, 5.41) is 6.70. The summed E-state index contributed by atoms with van der Waals surface area (Å²) in [5.74, 6) is 2.12. The number of nitrogens with two attached hydrogens (primary N) is 1. The summed E-state index contributed by atoms with van der Waals surface area (Å²) in [6, 6.07) is 3.78. The quantitative estimate of drug-likeness (QED) is 0.869. The van der Waals surface area contributed by atoms with Crippen LogP contribution < -0.4 is 15.2 Å². The molecule has 0 aliphatic carbocycles. The van der Waals surface area contributed by atoms with Gasteiger partial charge in [-0.25, -0.2) is 0 Å². The fraction of sp³-hybridized carbons (Fsp3) is 0.308. The van der Waals surface area contributed by atoms with E-state index in [1.807, 2.05) is 12.1 Å². The van der Waals surface area contributed by atoms with Crippen molar-refractivity contribution in [2.45, 2.75) is 13.3 Å². The van der Waals surface area contributed by atoms with Crippen LogP contribution in [0.3, 0.4) is 0 Å². The van der Waals surface area contributed by atoms with Gasteiger partial charge in [0.1, 0.15) is 17.3 Å². The fourth-order valence-corrected chi connectivity index (χ4v) is 2.11. The lowest BCUT2D eigenvalue weighted by atomic mass is 9.97. The van der Waals surface area contributed by atoms with Gasteiger partial charge in [-0.05, 0) is 18.6 Å². The number of ether oxygens (including phenoxy) is 2. The van der Waals surface area contributed by atoms with Crippen LogP contribution in [0.25, 0.3) is 11.1 Å². The average Bonchev–Trinajstić information content (AvgIpc) is 2.82. The Balaban J connectivity index is 2.73. The third-order valence-corrected chi connectivity index (χ3v) is 2.96. The summed E-state index contributed by atoms with van der Waals surface area (Å²) in [4.78, 5) is 0. The average molecular weight is 247 g/mol. The SMILES string of the molecule is CCc1c(OC)ccc(OC)c1-c1cn[nH]c1N. The van der Waals surface area contributed by atoms with Crippen LogP contribution in [0.4, 0.5) is 5.82 Å². The largest absolute Gasteiger partial charge is 0.496 e. The number of nitrogens with zero attached hydrogens (tertiary/aromatic N) is 1. The van der Waals surface area contributed by atoms with Crippen molar-refractivity contribution in [2.24, 2.45) is 0 Å². The van der Waals surface area contributed by atoms with E-state index >= 15 is 0 Å². The molecule has 0 fully saturated rings. The zero-order valence-electron chi connectivity index (χ0n) is 10.8. The maximum absolute atomic E-state index is 5.90. The van der Waals surface area contributed by atoms with Gasteiger partial charge in [0.25, 0.3) is 0 Å². The number of methoxy groups -OCH3 is 2. The summed E-state index contributed by atoms with van der Waals surface area (Å²) in [6.45, 7) is 2.07. The summed E-state index contributed by atoms with van der Waals surface area (Å²) >= 11 is 0. The monoisotopic (exact) mass is 247 g/mol. The van der Waals surface area contributed by atoms with E-state index in [0.29, 0.717) is 5.82 Å². The van der Waals surface area contributed by atoms with E-state index in [2.05, 4.69) is 17.1 Å². The lowest BCUT2D eigenvalue weighted by molar-refractivity contribution is 0.400. The van der Waals surface area contributed by atoms with E-state index in [-0.39, 0.29) is 0 Å². The first kappa shape index (κ1) is 12.3. The molecule has 0 aliphatic heterocycles. The molecule has 0 saturated heterocycles. The molecular formula is C13H17N3O2. The lowest BCUT2D eigenvalue weighted by Gasteiger charge is -2.15. The molecule has 2 aromatic rings. The Hall–Kier alpha value is -2.17. The first-order chi connectivity index (χ1) is 8.72. The van der Waals surface area contributed by atoms with E-state index in [4.69, 9.17) is 15.2 Å². The number of nitrogens with one attached hydrogen (secondary N) is 1. The summed E-state index contributed by atoms with van der Waals surface area (Å²) in [6.07, 6.45) is 2.52. The van der Waals surface area contributed by atoms with E-state index in [9.17, 15) is 0 Å². The van der Waals surface area contributed by atoms with Crippen molar-refractivity contribution in [2.75, 3.05) is 20.0 Å². The van der Waals surface area contributed by atoms with Gasteiger partial charge in [0.05, 0.1) is 20.4 Å². The molecule has 3 N–H and O–H groups in total. The predicted octanol–water partition coefficient (Wildman–Crippen LogP) is 2.24. The van der Waals surface area contributed by atoms with E-state index in [0.717, 1.165) is 34.6 Å². The van der Waals surface area contributed by atoms with Crippen LogP contribution in [0.15, 0.2) is 18.3 Å². The highest BCUT2D eigenvalue weighted by Crippen LogP contribution is 2.40. The third kappa shape index (κ3) is 1.88. The standard InChI is InChI=1S/C13H17N3O2/c1-4-8-10(17-2)5-6-11(18-3)12(8)9-7-15-16-13(9)14/h5-7H,4H2,1-3H3,(H3,14,15,16). The van der Waals surface area contributed by atoms with Crippen molar-refractivity contribution in [1.82, 2.24) is 10.2 Å². The molecule has 0 spiro atoms. The van der Waals surface area contributed by atoms with Crippen LogP contribution >= 0.6 is 0 Å². The van der Waals surface area contributed by atoms with Crippen LogP contribution in [0.1, 0.15) is 12.5 Å². The number of hydrogen-bond donors (Lipinski definition) is 2. The van der Waals surface area contributed by atoms with Crippen LogP contribution in [0.5, 0.6) is 11.5 Å². The molecule has 0 amide bonds. The maximum Gasteiger partial charge on any atom is 0.127 e. The first-order valence-electron chi connectivity index (χ1n) is 5.76. The third-order valence-electron chi connectivity index (χ3n) is 2.96. The van der Waals surface area contributed by atoms with Gasteiger partial charge in [-0.3, -0.25) is 5.10 Å². The minimum atomic E-state index is 0.524. The topological polar surface area (TPSA) is 73.2 Å². The number of aromatic nitrogens is 2. The lowest BCUT2D eigenvalue weighted by Crippen LogP contribution is -1.99. The maximum atomic E-state index is 5.90. The minimum absolute atomic E-state index is 0.524. The Labute approximate surface area is 106 Å². The second kappa shape index (κ2) is 5.00. The predicted molar refractivity (Wildman–Crippen MR) is 70.9 cm³/mol. The van der Waals surface area contributed by atoms with Crippen molar-refractivity contribution in [1.29, 1.82) is 0 Å². The molecule has 0 aliphatic rings. The number of H-pyrrole nitrogens is 1. The Morgan fingerprint density at radius 3 is 2.39 bits per heavy atom. The van der Waals surface area contributed by atoms with Crippen molar-refractivity contribution in [3.05, 3.63) is 23.9 Å².